The fraction of sp³-hybridized carbons (Fsp3) is 0.357. The molecular weight excluding hydrogens is 288 g/mol. The van der Waals surface area contributed by atoms with E-state index in [0.717, 1.165) is 18.7 Å². The minimum Gasteiger partial charge on any atom is -0.313 e. The number of sulfonamides is 1. The first-order valence-corrected chi connectivity index (χ1v) is 8.23. The summed E-state index contributed by atoms with van der Waals surface area (Å²) >= 11 is 0. The van der Waals surface area contributed by atoms with Crippen molar-refractivity contribution in [3.05, 3.63) is 41.7 Å². The molecule has 0 atom stereocenters. The van der Waals surface area contributed by atoms with E-state index in [2.05, 4.69) is 15.1 Å². The highest BCUT2D eigenvalue weighted by Crippen LogP contribution is 2.18. The summed E-state index contributed by atoms with van der Waals surface area (Å²) in [6.45, 7) is 5.39. The number of rotatable bonds is 6. The molecule has 2 aromatic rings. The first-order valence-electron chi connectivity index (χ1n) is 6.75. The molecule has 0 bridgehead atoms. The monoisotopic (exact) mass is 308 g/mol. The minimum absolute atomic E-state index is 0.242. The second-order valence-electron chi connectivity index (χ2n) is 4.83. The van der Waals surface area contributed by atoms with Crippen molar-refractivity contribution in [2.24, 2.45) is 7.05 Å². The molecule has 114 valence electrons. The van der Waals surface area contributed by atoms with Gasteiger partial charge in [0, 0.05) is 19.8 Å². The second-order valence-corrected chi connectivity index (χ2v) is 6.51. The van der Waals surface area contributed by atoms with Crippen LogP contribution in [-0.4, -0.2) is 24.7 Å². The molecule has 0 aliphatic heterocycles. The molecule has 2 N–H and O–H groups in total. The van der Waals surface area contributed by atoms with E-state index in [1.165, 1.54) is 0 Å². The van der Waals surface area contributed by atoms with Gasteiger partial charge in [-0.3, -0.25) is 9.40 Å². The normalized spacial score (nSPS) is 11.6. The Bertz CT molecular complexity index is 705. The van der Waals surface area contributed by atoms with Crippen LogP contribution in [0.3, 0.4) is 0 Å². The van der Waals surface area contributed by atoms with Crippen LogP contribution in [0.25, 0.3) is 0 Å². The zero-order valence-electron chi connectivity index (χ0n) is 12.4. The maximum atomic E-state index is 12.3. The number of nitrogens with one attached hydrogen (secondary N) is 2. The van der Waals surface area contributed by atoms with Crippen molar-refractivity contribution in [1.29, 1.82) is 0 Å². The van der Waals surface area contributed by atoms with Gasteiger partial charge in [0.05, 0.1) is 16.3 Å². The fourth-order valence-corrected chi connectivity index (χ4v) is 3.06. The summed E-state index contributed by atoms with van der Waals surface area (Å²) in [5, 5.41) is 7.31. The average molecular weight is 308 g/mol. The van der Waals surface area contributed by atoms with Gasteiger partial charge in [-0.05, 0) is 31.2 Å². The number of aryl methyl sites for hydroxylation is 2. The third-order valence-corrected chi connectivity index (χ3v) is 4.45. The van der Waals surface area contributed by atoms with Crippen molar-refractivity contribution in [1.82, 2.24) is 15.1 Å². The Morgan fingerprint density at radius 3 is 2.43 bits per heavy atom. The highest BCUT2D eigenvalue weighted by atomic mass is 32.2. The van der Waals surface area contributed by atoms with Crippen molar-refractivity contribution in [2.75, 3.05) is 11.3 Å². The lowest BCUT2D eigenvalue weighted by atomic mass is 10.2. The Kier molecular flexibility index (Phi) is 4.64. The van der Waals surface area contributed by atoms with Gasteiger partial charge in [-0.15, -0.1) is 0 Å². The standard InChI is InChI=1S/C14H20N4O2S/c1-4-15-9-12-5-7-13(8-6-12)21(19,20)17-14-10-18(3)16-11(14)2/h5-8,10,15,17H,4,9H2,1-3H3. The third-order valence-electron chi connectivity index (χ3n) is 3.07. The summed E-state index contributed by atoms with van der Waals surface area (Å²) in [6.07, 6.45) is 1.65. The van der Waals surface area contributed by atoms with Crippen molar-refractivity contribution in [3.63, 3.8) is 0 Å². The maximum Gasteiger partial charge on any atom is 0.262 e. The molecule has 1 aromatic carbocycles. The molecule has 0 aliphatic rings. The van der Waals surface area contributed by atoms with Crippen molar-refractivity contribution >= 4 is 15.7 Å². The zero-order chi connectivity index (χ0) is 15.5. The first-order chi connectivity index (χ1) is 9.92. The SMILES string of the molecule is CCNCc1ccc(S(=O)(=O)Nc2cn(C)nc2C)cc1. The zero-order valence-corrected chi connectivity index (χ0v) is 13.2. The molecule has 0 amide bonds. The van der Waals surface area contributed by atoms with Gasteiger partial charge in [-0.25, -0.2) is 8.42 Å². The molecule has 0 aliphatic carbocycles. The van der Waals surface area contributed by atoms with Crippen LogP contribution in [0.4, 0.5) is 5.69 Å². The molecule has 6 nitrogen and oxygen atoms in total. The summed E-state index contributed by atoms with van der Waals surface area (Å²) in [5.41, 5.74) is 2.19. The van der Waals surface area contributed by atoms with Gasteiger partial charge in [0.2, 0.25) is 0 Å². The van der Waals surface area contributed by atoms with Gasteiger partial charge >= 0.3 is 0 Å². The van der Waals surface area contributed by atoms with Crippen LogP contribution in [0.5, 0.6) is 0 Å². The Morgan fingerprint density at radius 1 is 1.24 bits per heavy atom. The van der Waals surface area contributed by atoms with Crippen LogP contribution >= 0.6 is 0 Å². The lowest BCUT2D eigenvalue weighted by molar-refractivity contribution is 0.601. The smallest absolute Gasteiger partial charge is 0.262 e. The van der Waals surface area contributed by atoms with Gasteiger partial charge in [0.1, 0.15) is 0 Å². The maximum absolute atomic E-state index is 12.3. The van der Waals surface area contributed by atoms with E-state index in [1.807, 2.05) is 19.1 Å². The second kappa shape index (κ2) is 6.28. The molecule has 0 fully saturated rings. The Labute approximate surface area is 125 Å². The van der Waals surface area contributed by atoms with Crippen molar-refractivity contribution < 1.29 is 8.42 Å². The van der Waals surface area contributed by atoms with E-state index in [9.17, 15) is 8.42 Å². The van der Waals surface area contributed by atoms with Gasteiger partial charge < -0.3 is 5.32 Å². The molecule has 0 saturated heterocycles. The third kappa shape index (κ3) is 3.83. The highest BCUT2D eigenvalue weighted by Gasteiger charge is 2.16. The topological polar surface area (TPSA) is 76.0 Å². The summed E-state index contributed by atoms with van der Waals surface area (Å²) < 4.78 is 28.8. The molecule has 1 heterocycles. The summed E-state index contributed by atoms with van der Waals surface area (Å²) in [6, 6.07) is 6.85. The molecule has 2 rings (SSSR count). The van der Waals surface area contributed by atoms with E-state index < -0.39 is 10.0 Å². The Balaban J connectivity index is 2.17. The number of anilines is 1. The highest BCUT2D eigenvalue weighted by molar-refractivity contribution is 7.92. The minimum atomic E-state index is -3.58. The molecule has 0 unspecified atom stereocenters. The van der Waals surface area contributed by atoms with Crippen LogP contribution < -0.4 is 10.0 Å². The Hall–Kier alpha value is -1.86. The van der Waals surface area contributed by atoms with Gasteiger partial charge in [-0.2, -0.15) is 5.10 Å². The number of nitrogens with zero attached hydrogens (tertiary/aromatic N) is 2. The molecule has 7 heteroatoms. The number of aromatic nitrogens is 2. The fourth-order valence-electron chi connectivity index (χ4n) is 1.96. The predicted octanol–water partition coefficient (Wildman–Crippen LogP) is 1.64. The Morgan fingerprint density at radius 2 is 1.90 bits per heavy atom. The molecule has 0 radical (unpaired) electrons. The molecule has 0 spiro atoms. The van der Waals surface area contributed by atoms with Crippen LogP contribution in [-0.2, 0) is 23.6 Å². The van der Waals surface area contributed by atoms with Gasteiger partial charge in [0.25, 0.3) is 10.0 Å². The lowest BCUT2D eigenvalue weighted by Gasteiger charge is -2.08. The van der Waals surface area contributed by atoms with Crippen molar-refractivity contribution in [2.45, 2.75) is 25.3 Å². The van der Waals surface area contributed by atoms with Crippen LogP contribution in [0.15, 0.2) is 35.4 Å². The first kappa shape index (κ1) is 15.5. The van der Waals surface area contributed by atoms with E-state index in [1.54, 1.807) is 37.0 Å². The van der Waals surface area contributed by atoms with Crippen molar-refractivity contribution in [3.8, 4) is 0 Å². The quantitative estimate of drug-likeness (QED) is 0.850. The predicted molar refractivity (Wildman–Crippen MR) is 82.6 cm³/mol. The van der Waals surface area contributed by atoms with E-state index in [-0.39, 0.29) is 4.90 Å². The molecule has 0 saturated carbocycles. The van der Waals surface area contributed by atoms with E-state index >= 15 is 0 Å². The number of hydrogen-bond donors (Lipinski definition) is 2. The summed E-state index contributed by atoms with van der Waals surface area (Å²) in [4.78, 5) is 0.242. The number of hydrogen-bond acceptors (Lipinski definition) is 4. The van der Waals surface area contributed by atoms with Crippen LogP contribution in [0.2, 0.25) is 0 Å². The lowest BCUT2D eigenvalue weighted by Crippen LogP contribution is -2.14. The molecule has 1 aromatic heterocycles. The largest absolute Gasteiger partial charge is 0.313 e. The molecule has 21 heavy (non-hydrogen) atoms. The average Bonchev–Trinajstić information content (AvgIpc) is 2.74. The van der Waals surface area contributed by atoms with Gasteiger partial charge in [-0.1, -0.05) is 19.1 Å². The van der Waals surface area contributed by atoms with E-state index in [0.29, 0.717) is 11.4 Å². The summed E-state index contributed by atoms with van der Waals surface area (Å²) in [5.74, 6) is 0. The van der Waals surface area contributed by atoms with E-state index in [4.69, 9.17) is 0 Å². The van der Waals surface area contributed by atoms with Gasteiger partial charge in [0.15, 0.2) is 0 Å². The summed E-state index contributed by atoms with van der Waals surface area (Å²) in [7, 11) is -1.83. The molecular formula is C14H20N4O2S. The van der Waals surface area contributed by atoms with Crippen LogP contribution in [0.1, 0.15) is 18.2 Å². The number of benzene rings is 1. The van der Waals surface area contributed by atoms with Crippen LogP contribution in [0, 0.1) is 6.92 Å².